The van der Waals surface area contributed by atoms with Crippen LogP contribution in [0.25, 0.3) is 11.1 Å². The van der Waals surface area contributed by atoms with Gasteiger partial charge >= 0.3 is 0 Å². The van der Waals surface area contributed by atoms with Gasteiger partial charge in [-0.3, -0.25) is 9.59 Å². The smallest absolute Gasteiger partial charge is 0.269 e. The van der Waals surface area contributed by atoms with E-state index < -0.39 is 5.91 Å². The molecule has 2 aromatic rings. The van der Waals surface area contributed by atoms with Crippen LogP contribution < -0.4 is 16.0 Å². The van der Waals surface area contributed by atoms with Gasteiger partial charge < -0.3 is 20.7 Å². The highest BCUT2D eigenvalue weighted by Gasteiger charge is 2.18. The molecule has 0 fully saturated rings. The maximum Gasteiger partial charge on any atom is 0.269 e. The second kappa shape index (κ2) is 14.2. The van der Waals surface area contributed by atoms with E-state index in [-0.39, 0.29) is 40.5 Å². The van der Waals surface area contributed by atoms with Crippen LogP contribution in [0, 0.1) is 0 Å². The van der Waals surface area contributed by atoms with Crippen LogP contribution in [0.5, 0.6) is 0 Å². The summed E-state index contributed by atoms with van der Waals surface area (Å²) in [6.45, 7) is 5.44. The van der Waals surface area contributed by atoms with E-state index in [2.05, 4.69) is 20.9 Å². The van der Waals surface area contributed by atoms with Crippen LogP contribution in [-0.4, -0.2) is 50.7 Å². The molecule has 1 aromatic heterocycles. The predicted molar refractivity (Wildman–Crippen MR) is 127 cm³/mol. The number of aromatic nitrogens is 1. The van der Waals surface area contributed by atoms with Crippen molar-refractivity contribution in [2.75, 3.05) is 39.2 Å². The molecule has 0 unspecified atom stereocenters. The van der Waals surface area contributed by atoms with Crippen LogP contribution in [0.3, 0.4) is 0 Å². The standard InChI is InChI=1S/C19H21Cl3N4O3.C2H6/c1-23-6-8-29-7-5-16(27)26-18-12(3-4-15(25-18)19(28)24-2)13-9-11(20)10-14(21)17(13)22;1-2/h3-4,9-10,23H,5-8H2,1-2H3,(H,24,28)(H,25,26,27);1-2H3. The maximum atomic E-state index is 12.4. The van der Waals surface area contributed by atoms with E-state index in [9.17, 15) is 9.59 Å². The summed E-state index contributed by atoms with van der Waals surface area (Å²) in [6.07, 6.45) is 0.124. The fourth-order valence-corrected chi connectivity index (χ4v) is 3.12. The third kappa shape index (κ3) is 8.27. The molecule has 0 aliphatic rings. The Morgan fingerprint density at radius 1 is 1.03 bits per heavy atom. The number of anilines is 1. The highest BCUT2D eigenvalue weighted by atomic mass is 35.5. The number of hydrogen-bond acceptors (Lipinski definition) is 5. The van der Waals surface area contributed by atoms with Gasteiger partial charge in [-0.05, 0) is 31.3 Å². The Labute approximate surface area is 197 Å². The number of halogens is 3. The Morgan fingerprint density at radius 2 is 1.74 bits per heavy atom. The average Bonchev–Trinajstić information content (AvgIpc) is 2.77. The van der Waals surface area contributed by atoms with E-state index in [1.165, 1.54) is 19.2 Å². The van der Waals surface area contributed by atoms with Crippen LogP contribution in [-0.2, 0) is 9.53 Å². The van der Waals surface area contributed by atoms with Gasteiger partial charge in [0, 0.05) is 29.7 Å². The summed E-state index contributed by atoms with van der Waals surface area (Å²) in [5.41, 5.74) is 1.11. The molecule has 1 aromatic carbocycles. The zero-order valence-corrected chi connectivity index (χ0v) is 20.2. The molecule has 0 saturated heterocycles. The monoisotopic (exact) mass is 488 g/mol. The first-order valence-electron chi connectivity index (χ1n) is 9.77. The van der Waals surface area contributed by atoms with Crippen molar-refractivity contribution in [1.82, 2.24) is 15.6 Å². The minimum absolute atomic E-state index is 0.124. The maximum absolute atomic E-state index is 12.4. The number of amides is 2. The molecule has 0 radical (unpaired) electrons. The number of hydrogen-bond donors (Lipinski definition) is 3. The predicted octanol–water partition coefficient (Wildman–Crippen LogP) is 4.66. The molecule has 0 saturated carbocycles. The fourth-order valence-electron chi connectivity index (χ4n) is 2.41. The first-order valence-corrected chi connectivity index (χ1v) is 10.9. The lowest BCUT2D eigenvalue weighted by Gasteiger charge is -2.14. The Kier molecular flexibility index (Phi) is 12.4. The quantitative estimate of drug-likeness (QED) is 0.352. The second-order valence-corrected chi connectivity index (χ2v) is 7.16. The lowest BCUT2D eigenvalue weighted by atomic mass is 10.1. The normalized spacial score (nSPS) is 10.2. The zero-order valence-electron chi connectivity index (χ0n) is 17.9. The summed E-state index contributed by atoms with van der Waals surface area (Å²) in [4.78, 5) is 28.6. The fraction of sp³-hybridized carbons (Fsp3) is 0.381. The summed E-state index contributed by atoms with van der Waals surface area (Å²) in [7, 11) is 3.31. The molecule has 170 valence electrons. The van der Waals surface area contributed by atoms with Gasteiger partial charge in [0.05, 0.1) is 29.7 Å². The summed E-state index contributed by atoms with van der Waals surface area (Å²) in [6, 6.07) is 6.28. The Bertz CT molecular complexity index is 894. The molecule has 0 aliphatic carbocycles. The topological polar surface area (TPSA) is 92.3 Å². The van der Waals surface area contributed by atoms with Crippen molar-refractivity contribution in [3.8, 4) is 11.1 Å². The molecule has 0 atom stereocenters. The molecule has 0 bridgehead atoms. The van der Waals surface area contributed by atoms with Gasteiger partial charge in [-0.25, -0.2) is 4.98 Å². The number of nitrogens with one attached hydrogen (secondary N) is 3. The third-order valence-electron chi connectivity index (χ3n) is 3.87. The van der Waals surface area contributed by atoms with Gasteiger partial charge in [0.25, 0.3) is 5.91 Å². The molecular formula is C21H27Cl3N4O3. The summed E-state index contributed by atoms with van der Waals surface area (Å²) >= 11 is 18.6. The first-order chi connectivity index (χ1) is 14.9. The number of benzene rings is 1. The summed E-state index contributed by atoms with van der Waals surface area (Å²) in [5, 5.41) is 9.06. The minimum atomic E-state index is -0.391. The van der Waals surface area contributed by atoms with Gasteiger partial charge in [-0.1, -0.05) is 48.7 Å². The lowest BCUT2D eigenvalue weighted by Crippen LogP contribution is -2.22. The Morgan fingerprint density at radius 3 is 2.39 bits per heavy atom. The van der Waals surface area contributed by atoms with Gasteiger partial charge in [-0.2, -0.15) is 0 Å². The highest BCUT2D eigenvalue weighted by molar-refractivity contribution is 6.45. The molecule has 10 heteroatoms. The van der Waals surface area contributed by atoms with Crippen molar-refractivity contribution in [3.63, 3.8) is 0 Å². The SMILES string of the molecule is CC.CNCCOCCC(=O)Nc1nc(C(=O)NC)ccc1-c1cc(Cl)cc(Cl)c1Cl. The van der Waals surface area contributed by atoms with Gasteiger partial charge in [0.1, 0.15) is 11.5 Å². The van der Waals surface area contributed by atoms with Crippen LogP contribution in [0.4, 0.5) is 5.82 Å². The minimum Gasteiger partial charge on any atom is -0.380 e. The van der Waals surface area contributed by atoms with Crippen LogP contribution >= 0.6 is 34.8 Å². The van der Waals surface area contributed by atoms with Crippen molar-refractivity contribution in [3.05, 3.63) is 45.0 Å². The molecule has 7 nitrogen and oxygen atoms in total. The van der Waals surface area contributed by atoms with E-state index in [1.54, 1.807) is 12.1 Å². The highest BCUT2D eigenvalue weighted by Crippen LogP contribution is 2.39. The van der Waals surface area contributed by atoms with Gasteiger partial charge in [-0.15, -0.1) is 0 Å². The molecular weight excluding hydrogens is 463 g/mol. The van der Waals surface area contributed by atoms with Crippen molar-refractivity contribution < 1.29 is 14.3 Å². The molecule has 1 heterocycles. The molecule has 3 N–H and O–H groups in total. The lowest BCUT2D eigenvalue weighted by molar-refractivity contribution is -0.117. The van der Waals surface area contributed by atoms with Crippen molar-refractivity contribution in [2.24, 2.45) is 0 Å². The molecule has 2 rings (SSSR count). The number of nitrogens with zero attached hydrogens (tertiary/aromatic N) is 1. The molecule has 0 spiro atoms. The third-order valence-corrected chi connectivity index (χ3v) is 4.89. The van der Waals surface area contributed by atoms with Crippen molar-refractivity contribution in [2.45, 2.75) is 20.3 Å². The first kappa shape index (κ1) is 27.1. The second-order valence-electron chi connectivity index (χ2n) is 5.94. The van der Waals surface area contributed by atoms with Gasteiger partial charge in [0.2, 0.25) is 5.91 Å². The number of likely N-dealkylation sites (N-methyl/N-ethyl adjacent to an activating group) is 1. The summed E-state index contributed by atoms with van der Waals surface area (Å²) in [5.74, 6) is -0.536. The van der Waals surface area contributed by atoms with E-state index in [0.717, 1.165) is 0 Å². The number of carbonyl (C=O) groups is 2. The molecule has 0 aliphatic heterocycles. The van der Waals surface area contributed by atoms with E-state index >= 15 is 0 Å². The molecule has 31 heavy (non-hydrogen) atoms. The Hall–Kier alpha value is -1.90. The number of rotatable bonds is 9. The summed E-state index contributed by atoms with van der Waals surface area (Å²) < 4.78 is 5.36. The van der Waals surface area contributed by atoms with Gasteiger partial charge in [0.15, 0.2) is 0 Å². The zero-order chi connectivity index (χ0) is 23.4. The average molecular weight is 490 g/mol. The van der Waals surface area contributed by atoms with Crippen molar-refractivity contribution in [1.29, 1.82) is 0 Å². The van der Waals surface area contributed by atoms with Crippen LogP contribution in [0.15, 0.2) is 24.3 Å². The number of pyridine rings is 1. The largest absolute Gasteiger partial charge is 0.380 e. The Balaban J connectivity index is 0.00000233. The number of carbonyl (C=O) groups excluding carboxylic acids is 2. The van der Waals surface area contributed by atoms with Crippen LogP contribution in [0.2, 0.25) is 15.1 Å². The number of ether oxygens (including phenoxy) is 1. The van der Waals surface area contributed by atoms with Crippen molar-refractivity contribution >= 4 is 52.4 Å². The van der Waals surface area contributed by atoms with E-state index in [4.69, 9.17) is 39.5 Å². The van der Waals surface area contributed by atoms with E-state index in [0.29, 0.717) is 29.3 Å². The molecule has 2 amide bonds. The van der Waals surface area contributed by atoms with Crippen LogP contribution in [0.1, 0.15) is 30.8 Å². The van der Waals surface area contributed by atoms with E-state index in [1.807, 2.05) is 20.9 Å².